The van der Waals surface area contributed by atoms with Gasteiger partial charge in [0.25, 0.3) is 0 Å². The first-order valence-corrected chi connectivity index (χ1v) is 7.12. The Morgan fingerprint density at radius 1 is 1.20 bits per heavy atom. The highest BCUT2D eigenvalue weighted by Crippen LogP contribution is 2.21. The van der Waals surface area contributed by atoms with Crippen LogP contribution in [0.1, 0.15) is 54.4 Å². The molecule has 0 aliphatic heterocycles. The van der Waals surface area contributed by atoms with Crippen LogP contribution in [0.15, 0.2) is 4.99 Å². The van der Waals surface area contributed by atoms with Gasteiger partial charge in [-0.25, -0.2) is 0 Å². The summed E-state index contributed by atoms with van der Waals surface area (Å²) in [4.78, 5) is 4.25. The molecule has 20 heavy (non-hydrogen) atoms. The van der Waals surface area contributed by atoms with E-state index in [4.69, 9.17) is 4.74 Å². The molecule has 0 aromatic carbocycles. The fourth-order valence-corrected chi connectivity index (χ4v) is 1.52. The van der Waals surface area contributed by atoms with Crippen LogP contribution >= 0.6 is 24.0 Å². The van der Waals surface area contributed by atoms with E-state index >= 15 is 0 Å². The van der Waals surface area contributed by atoms with Gasteiger partial charge in [-0.05, 0) is 39.0 Å². The van der Waals surface area contributed by atoms with Crippen molar-refractivity contribution < 1.29 is 4.74 Å². The van der Waals surface area contributed by atoms with Gasteiger partial charge in [0.05, 0.1) is 5.60 Å². The van der Waals surface area contributed by atoms with Crippen molar-refractivity contribution in [1.29, 1.82) is 0 Å². The molecule has 0 spiro atoms. The minimum atomic E-state index is -0.188. The molecule has 2 N–H and O–H groups in total. The third-order valence-corrected chi connectivity index (χ3v) is 3.17. The zero-order valence-corrected chi connectivity index (χ0v) is 16.8. The predicted molar refractivity (Wildman–Crippen MR) is 99.2 cm³/mol. The van der Waals surface area contributed by atoms with Crippen LogP contribution in [0.3, 0.4) is 0 Å². The van der Waals surface area contributed by atoms with Crippen molar-refractivity contribution in [3.63, 3.8) is 0 Å². The molecule has 0 radical (unpaired) electrons. The summed E-state index contributed by atoms with van der Waals surface area (Å²) in [5.41, 5.74) is 0.192. The highest BCUT2D eigenvalue weighted by atomic mass is 127. The lowest BCUT2D eigenvalue weighted by atomic mass is 9.89. The Kier molecular flexibility index (Phi) is 10.9. The van der Waals surface area contributed by atoms with E-state index in [0.717, 1.165) is 18.9 Å². The maximum Gasteiger partial charge on any atom is 0.191 e. The lowest BCUT2D eigenvalue weighted by Gasteiger charge is -2.26. The average molecular weight is 399 g/mol. The summed E-state index contributed by atoms with van der Waals surface area (Å²) in [7, 11) is 3.52. The molecule has 1 unspecified atom stereocenters. The van der Waals surface area contributed by atoms with Gasteiger partial charge in [0, 0.05) is 26.7 Å². The van der Waals surface area contributed by atoms with Gasteiger partial charge < -0.3 is 15.4 Å². The third-order valence-electron chi connectivity index (χ3n) is 3.17. The largest absolute Gasteiger partial charge is 0.377 e. The van der Waals surface area contributed by atoms with Crippen LogP contribution in [0.4, 0.5) is 0 Å². The van der Waals surface area contributed by atoms with Crippen LogP contribution in [0.2, 0.25) is 0 Å². The van der Waals surface area contributed by atoms with Gasteiger partial charge in [0.15, 0.2) is 5.96 Å². The first-order valence-electron chi connectivity index (χ1n) is 7.12. The maximum atomic E-state index is 5.38. The number of hydrogen-bond donors (Lipinski definition) is 2. The van der Waals surface area contributed by atoms with Crippen molar-refractivity contribution in [2.75, 3.05) is 20.7 Å². The molecule has 0 aliphatic rings. The van der Waals surface area contributed by atoms with Crippen molar-refractivity contribution in [1.82, 2.24) is 10.6 Å². The van der Waals surface area contributed by atoms with Crippen LogP contribution in [0.25, 0.3) is 0 Å². The maximum absolute atomic E-state index is 5.38. The van der Waals surface area contributed by atoms with E-state index in [1.54, 1.807) is 14.2 Å². The van der Waals surface area contributed by atoms with Gasteiger partial charge in [-0.15, -0.1) is 24.0 Å². The smallest absolute Gasteiger partial charge is 0.191 e. The fraction of sp³-hybridized carbons (Fsp3) is 0.933. The molecule has 0 saturated heterocycles. The Morgan fingerprint density at radius 2 is 1.75 bits per heavy atom. The van der Waals surface area contributed by atoms with Crippen LogP contribution in [0.5, 0.6) is 0 Å². The van der Waals surface area contributed by atoms with E-state index in [1.165, 1.54) is 6.42 Å². The molecular formula is C15H34IN3O. The molecule has 4 nitrogen and oxygen atoms in total. The van der Waals surface area contributed by atoms with Crippen LogP contribution in [-0.2, 0) is 4.74 Å². The van der Waals surface area contributed by atoms with Crippen LogP contribution < -0.4 is 10.6 Å². The van der Waals surface area contributed by atoms with E-state index in [2.05, 4.69) is 57.2 Å². The molecule has 0 rings (SSSR count). The number of halogens is 1. The topological polar surface area (TPSA) is 45.7 Å². The standard InChI is InChI=1S/C15H33N3O.HI/c1-12(9-10-14(2,3)4)18-13(16-7)17-11-15(5,6)19-8;/h12H,9-11H2,1-8H3,(H2,16,17,18);1H. The molecule has 0 aromatic heterocycles. The second kappa shape index (κ2) is 9.82. The minimum Gasteiger partial charge on any atom is -0.377 e. The van der Waals surface area contributed by atoms with Crippen molar-refractivity contribution in [2.45, 2.75) is 66.0 Å². The number of aliphatic imine (C=N–C) groups is 1. The fourth-order valence-electron chi connectivity index (χ4n) is 1.52. The van der Waals surface area contributed by atoms with Gasteiger partial charge in [-0.3, -0.25) is 4.99 Å². The Balaban J connectivity index is 0. The SMILES string of the molecule is CN=C(NCC(C)(C)OC)NC(C)CCC(C)(C)C.I. The van der Waals surface area contributed by atoms with Gasteiger partial charge >= 0.3 is 0 Å². The molecule has 0 amide bonds. The summed E-state index contributed by atoms with van der Waals surface area (Å²) in [6.07, 6.45) is 2.33. The first-order chi connectivity index (χ1) is 8.59. The number of rotatable bonds is 6. The number of guanidine groups is 1. The number of nitrogens with one attached hydrogen (secondary N) is 2. The van der Waals surface area contributed by atoms with Gasteiger partial charge in [-0.2, -0.15) is 0 Å². The Hall–Kier alpha value is -0.0400. The van der Waals surface area contributed by atoms with E-state index < -0.39 is 0 Å². The number of methoxy groups -OCH3 is 1. The molecule has 0 bridgehead atoms. The molecular weight excluding hydrogens is 365 g/mol. The lowest BCUT2D eigenvalue weighted by Crippen LogP contribution is -2.47. The normalized spacial score (nSPS) is 14.5. The van der Waals surface area contributed by atoms with Gasteiger partial charge in [0.2, 0.25) is 0 Å². The van der Waals surface area contributed by atoms with Gasteiger partial charge in [-0.1, -0.05) is 20.8 Å². The molecule has 122 valence electrons. The van der Waals surface area contributed by atoms with Gasteiger partial charge in [0.1, 0.15) is 0 Å². The van der Waals surface area contributed by atoms with Crippen molar-refractivity contribution in [2.24, 2.45) is 10.4 Å². The number of ether oxygens (including phenoxy) is 1. The monoisotopic (exact) mass is 399 g/mol. The van der Waals surface area contributed by atoms with Crippen molar-refractivity contribution in [3.05, 3.63) is 0 Å². The molecule has 0 saturated carbocycles. The first kappa shape index (κ1) is 22.2. The molecule has 0 fully saturated rings. The molecule has 5 heteroatoms. The molecule has 0 aliphatic carbocycles. The molecule has 0 heterocycles. The molecule has 1 atom stereocenters. The van der Waals surface area contributed by atoms with Crippen molar-refractivity contribution >= 4 is 29.9 Å². The van der Waals surface area contributed by atoms with E-state index in [-0.39, 0.29) is 29.6 Å². The zero-order chi connectivity index (χ0) is 15.1. The van der Waals surface area contributed by atoms with Crippen molar-refractivity contribution in [3.8, 4) is 0 Å². The Morgan fingerprint density at radius 3 is 2.15 bits per heavy atom. The highest BCUT2D eigenvalue weighted by Gasteiger charge is 2.17. The Labute approximate surface area is 142 Å². The summed E-state index contributed by atoms with van der Waals surface area (Å²) in [5.74, 6) is 0.839. The minimum absolute atomic E-state index is 0. The second-order valence-electron chi connectivity index (χ2n) is 7.03. The summed E-state index contributed by atoms with van der Waals surface area (Å²) in [6, 6.07) is 0.413. The number of hydrogen-bond acceptors (Lipinski definition) is 2. The lowest BCUT2D eigenvalue weighted by molar-refractivity contribution is 0.0268. The summed E-state index contributed by atoms with van der Waals surface area (Å²) >= 11 is 0. The average Bonchev–Trinajstić information content (AvgIpc) is 2.31. The van der Waals surface area contributed by atoms with E-state index in [1.807, 2.05) is 0 Å². The summed E-state index contributed by atoms with van der Waals surface area (Å²) in [6.45, 7) is 13.8. The van der Waals surface area contributed by atoms with E-state index in [0.29, 0.717) is 11.5 Å². The summed E-state index contributed by atoms with van der Waals surface area (Å²) in [5, 5.41) is 6.72. The summed E-state index contributed by atoms with van der Waals surface area (Å²) < 4.78 is 5.38. The third kappa shape index (κ3) is 11.8. The van der Waals surface area contributed by atoms with E-state index in [9.17, 15) is 0 Å². The quantitative estimate of drug-likeness (QED) is 0.409. The second-order valence-corrected chi connectivity index (χ2v) is 7.03. The predicted octanol–water partition coefficient (Wildman–Crippen LogP) is 3.41. The highest BCUT2D eigenvalue weighted by molar-refractivity contribution is 14.0. The zero-order valence-electron chi connectivity index (χ0n) is 14.5. The Bertz CT molecular complexity index is 285. The van der Waals surface area contributed by atoms with Crippen LogP contribution in [-0.4, -0.2) is 38.3 Å². The van der Waals surface area contributed by atoms with Crippen LogP contribution in [0, 0.1) is 5.41 Å². The molecule has 0 aromatic rings. The number of nitrogens with zero attached hydrogens (tertiary/aromatic N) is 1.